The van der Waals surface area contributed by atoms with Crippen LogP contribution >= 0.6 is 0 Å². The predicted octanol–water partition coefficient (Wildman–Crippen LogP) is 2.71. The molecule has 0 aliphatic rings. The third-order valence-corrected chi connectivity index (χ3v) is 5.19. The van der Waals surface area contributed by atoms with E-state index >= 15 is 0 Å². The van der Waals surface area contributed by atoms with Gasteiger partial charge in [0, 0.05) is 6.92 Å². The Bertz CT molecular complexity index is 1190. The second-order valence-electron chi connectivity index (χ2n) is 5.92. The first kappa shape index (κ1) is 19.2. The van der Waals surface area contributed by atoms with Crippen LogP contribution in [0.3, 0.4) is 0 Å². The minimum absolute atomic E-state index is 0.0779. The maximum absolute atomic E-state index is 12.6. The molecule has 2 N–H and O–H groups in total. The predicted molar refractivity (Wildman–Crippen MR) is 103 cm³/mol. The fraction of sp³-hybridized carbons (Fsp3) is 0.111. The first-order chi connectivity index (χ1) is 13.3. The Morgan fingerprint density at radius 1 is 1.04 bits per heavy atom. The fourth-order valence-corrected chi connectivity index (χ4v) is 3.45. The van der Waals surface area contributed by atoms with Gasteiger partial charge in [-0.05, 0) is 43.3 Å². The van der Waals surface area contributed by atoms with Gasteiger partial charge in [-0.1, -0.05) is 18.2 Å². The average Bonchev–Trinajstić information content (AvgIpc) is 2.94. The third kappa shape index (κ3) is 4.07. The van der Waals surface area contributed by atoms with Crippen molar-refractivity contribution in [1.82, 2.24) is 14.5 Å². The van der Waals surface area contributed by atoms with E-state index < -0.39 is 15.9 Å². The molecule has 0 saturated carbocycles. The lowest BCUT2D eigenvalue weighted by atomic mass is 10.3. The van der Waals surface area contributed by atoms with Crippen molar-refractivity contribution in [2.45, 2.75) is 18.7 Å². The van der Waals surface area contributed by atoms with E-state index in [0.717, 1.165) is 6.92 Å². The van der Waals surface area contributed by atoms with Crippen molar-refractivity contribution >= 4 is 27.3 Å². The Morgan fingerprint density at radius 2 is 1.68 bits per heavy atom. The second kappa shape index (κ2) is 7.61. The molecule has 0 atom stereocenters. The number of H-pyrrole nitrogens is 1. The topological polar surface area (TPSA) is 126 Å². The molecule has 3 aromatic rings. The number of aryl methyl sites for hydroxylation is 1. The van der Waals surface area contributed by atoms with E-state index in [1.54, 1.807) is 19.1 Å². The Kier molecular flexibility index (Phi) is 5.23. The SMILES string of the molecule is CC(=O)NS(=O)(=O)c1ccc(N=Nc2c(C)[nH]n(-c3ccccc3)c2=O)cc1. The van der Waals surface area contributed by atoms with Gasteiger partial charge in [-0.2, -0.15) is 5.11 Å². The van der Waals surface area contributed by atoms with Crippen LogP contribution in [0.1, 0.15) is 12.6 Å². The molecule has 0 bridgehead atoms. The normalized spacial score (nSPS) is 11.6. The van der Waals surface area contributed by atoms with E-state index in [2.05, 4.69) is 15.3 Å². The zero-order valence-corrected chi connectivity index (χ0v) is 15.9. The van der Waals surface area contributed by atoms with Crippen molar-refractivity contribution in [1.29, 1.82) is 0 Å². The average molecular weight is 399 g/mol. The number of hydrogen-bond donors (Lipinski definition) is 2. The molecule has 0 aliphatic heterocycles. The Balaban J connectivity index is 1.86. The summed E-state index contributed by atoms with van der Waals surface area (Å²) in [5, 5.41) is 10.9. The number of rotatable bonds is 5. The number of azo groups is 1. The van der Waals surface area contributed by atoms with Crippen LogP contribution in [0.25, 0.3) is 5.69 Å². The van der Waals surface area contributed by atoms with E-state index in [-0.39, 0.29) is 16.1 Å². The highest BCUT2D eigenvalue weighted by atomic mass is 32.2. The maximum Gasteiger partial charge on any atom is 0.299 e. The molecule has 1 aromatic heterocycles. The molecule has 0 unspecified atom stereocenters. The van der Waals surface area contributed by atoms with Gasteiger partial charge in [0.05, 0.1) is 22.0 Å². The monoisotopic (exact) mass is 399 g/mol. The van der Waals surface area contributed by atoms with Gasteiger partial charge in [0.15, 0.2) is 5.69 Å². The number of aromatic amines is 1. The standard InChI is InChI=1S/C18H17N5O4S/c1-12-17(18(25)23(21-12)15-6-4-3-5-7-15)20-19-14-8-10-16(11-9-14)28(26,27)22-13(2)24/h3-11,21H,1-2H3,(H,22,24). The number of aromatic nitrogens is 2. The lowest BCUT2D eigenvalue weighted by molar-refractivity contribution is -0.117. The van der Waals surface area contributed by atoms with Gasteiger partial charge in [0.1, 0.15) is 0 Å². The van der Waals surface area contributed by atoms with Gasteiger partial charge in [-0.25, -0.2) is 17.8 Å². The third-order valence-electron chi connectivity index (χ3n) is 3.75. The molecular formula is C18H17N5O4S. The summed E-state index contributed by atoms with van der Waals surface area (Å²) in [4.78, 5) is 23.4. The number of nitrogens with zero attached hydrogens (tertiary/aromatic N) is 3. The van der Waals surface area contributed by atoms with Crippen LogP contribution in [0.4, 0.5) is 11.4 Å². The molecule has 2 aromatic carbocycles. The minimum Gasteiger partial charge on any atom is -0.293 e. The fourth-order valence-electron chi connectivity index (χ4n) is 2.46. The molecular weight excluding hydrogens is 382 g/mol. The largest absolute Gasteiger partial charge is 0.299 e. The van der Waals surface area contributed by atoms with Crippen molar-refractivity contribution in [2.24, 2.45) is 10.2 Å². The van der Waals surface area contributed by atoms with Crippen molar-refractivity contribution in [3.05, 3.63) is 70.6 Å². The molecule has 144 valence electrons. The van der Waals surface area contributed by atoms with Gasteiger partial charge >= 0.3 is 0 Å². The van der Waals surface area contributed by atoms with Crippen molar-refractivity contribution in [3.63, 3.8) is 0 Å². The lowest BCUT2D eigenvalue weighted by Gasteiger charge is -2.04. The van der Waals surface area contributed by atoms with Crippen molar-refractivity contribution < 1.29 is 13.2 Å². The van der Waals surface area contributed by atoms with E-state index in [0.29, 0.717) is 17.1 Å². The number of carbonyl (C=O) groups is 1. The summed E-state index contributed by atoms with van der Waals surface area (Å²) in [5.41, 5.74) is 1.37. The van der Waals surface area contributed by atoms with Crippen molar-refractivity contribution in [3.8, 4) is 5.69 Å². The molecule has 0 radical (unpaired) electrons. The molecule has 0 spiro atoms. The number of hydrogen-bond acceptors (Lipinski definition) is 6. The molecule has 3 rings (SSSR count). The summed E-state index contributed by atoms with van der Waals surface area (Å²) in [6.45, 7) is 2.82. The molecule has 9 nitrogen and oxygen atoms in total. The molecule has 1 amide bonds. The highest BCUT2D eigenvalue weighted by Gasteiger charge is 2.15. The molecule has 1 heterocycles. The summed E-state index contributed by atoms with van der Waals surface area (Å²) >= 11 is 0. The first-order valence-electron chi connectivity index (χ1n) is 8.20. The summed E-state index contributed by atoms with van der Waals surface area (Å²) in [5.74, 6) is -0.679. The van der Waals surface area contributed by atoms with Crippen LogP contribution in [0.5, 0.6) is 0 Å². The number of sulfonamides is 1. The zero-order chi connectivity index (χ0) is 20.3. The Morgan fingerprint density at radius 3 is 2.29 bits per heavy atom. The lowest BCUT2D eigenvalue weighted by Crippen LogP contribution is -2.28. The van der Waals surface area contributed by atoms with E-state index in [9.17, 15) is 18.0 Å². The number of para-hydroxylation sites is 1. The second-order valence-corrected chi connectivity index (χ2v) is 7.60. The molecule has 0 saturated heterocycles. The van der Waals surface area contributed by atoms with E-state index in [1.165, 1.54) is 28.9 Å². The Labute approximate surface area is 160 Å². The zero-order valence-electron chi connectivity index (χ0n) is 15.1. The number of carbonyl (C=O) groups excluding carboxylic acids is 1. The van der Waals surface area contributed by atoms with E-state index in [1.807, 2.05) is 22.9 Å². The number of amides is 1. The number of benzene rings is 2. The van der Waals surface area contributed by atoms with Crippen LogP contribution in [0.15, 0.2) is 74.5 Å². The van der Waals surface area contributed by atoms with Crippen LogP contribution in [-0.2, 0) is 14.8 Å². The van der Waals surface area contributed by atoms with Crippen LogP contribution in [-0.4, -0.2) is 24.1 Å². The summed E-state index contributed by atoms with van der Waals surface area (Å²) in [6.07, 6.45) is 0. The van der Waals surface area contributed by atoms with Gasteiger partial charge in [0.25, 0.3) is 15.6 Å². The van der Waals surface area contributed by atoms with Crippen LogP contribution in [0, 0.1) is 6.92 Å². The quantitative estimate of drug-likeness (QED) is 0.640. The van der Waals surface area contributed by atoms with Gasteiger partial charge in [0.2, 0.25) is 5.91 Å². The first-order valence-corrected chi connectivity index (χ1v) is 9.68. The number of nitrogens with one attached hydrogen (secondary N) is 2. The van der Waals surface area contributed by atoms with Gasteiger partial charge in [-0.15, -0.1) is 5.11 Å². The molecule has 0 fully saturated rings. The van der Waals surface area contributed by atoms with Gasteiger partial charge < -0.3 is 0 Å². The summed E-state index contributed by atoms with van der Waals surface area (Å²) in [7, 11) is -3.91. The van der Waals surface area contributed by atoms with E-state index in [4.69, 9.17) is 0 Å². The maximum atomic E-state index is 12.6. The highest BCUT2D eigenvalue weighted by Crippen LogP contribution is 2.20. The summed E-state index contributed by atoms with van der Waals surface area (Å²) in [6, 6.07) is 14.5. The van der Waals surface area contributed by atoms with Gasteiger partial charge in [-0.3, -0.25) is 14.7 Å². The van der Waals surface area contributed by atoms with Crippen LogP contribution in [0.2, 0.25) is 0 Å². The minimum atomic E-state index is -3.91. The Hall–Kier alpha value is -3.53. The molecule has 0 aliphatic carbocycles. The smallest absolute Gasteiger partial charge is 0.293 e. The molecule has 28 heavy (non-hydrogen) atoms. The highest BCUT2D eigenvalue weighted by molar-refractivity contribution is 7.90. The molecule has 10 heteroatoms. The summed E-state index contributed by atoms with van der Waals surface area (Å²) < 4.78 is 27.1. The van der Waals surface area contributed by atoms with Crippen molar-refractivity contribution in [2.75, 3.05) is 0 Å². The van der Waals surface area contributed by atoms with Crippen LogP contribution < -0.4 is 10.3 Å².